The summed E-state index contributed by atoms with van der Waals surface area (Å²) in [4.78, 5) is 25.5. The maximum absolute atomic E-state index is 11.6. The van der Waals surface area contributed by atoms with Crippen molar-refractivity contribution in [3.05, 3.63) is 64.5 Å². The van der Waals surface area contributed by atoms with Crippen molar-refractivity contribution in [2.75, 3.05) is 0 Å². The van der Waals surface area contributed by atoms with Gasteiger partial charge in [-0.15, -0.1) is 0 Å². The number of aromatic nitrogens is 1. The Kier molecular flexibility index (Phi) is 4.45. The second-order valence-electron chi connectivity index (χ2n) is 4.15. The highest BCUT2D eigenvalue weighted by atomic mass is 16.7. The predicted octanol–water partition coefficient (Wildman–Crippen LogP) is 3.27. The minimum absolute atomic E-state index is 0.0838. The monoisotopic (exact) mass is 288 g/mol. The van der Waals surface area contributed by atoms with Crippen molar-refractivity contribution in [3.63, 3.8) is 0 Å². The van der Waals surface area contributed by atoms with Crippen LogP contribution < -0.4 is 4.74 Å². The number of ether oxygens (including phenoxy) is 2. The summed E-state index contributed by atoms with van der Waals surface area (Å²) in [5.74, 6) is 0.170. The average Bonchev–Trinajstić information content (AvgIpc) is 2.48. The van der Waals surface area contributed by atoms with Gasteiger partial charge in [-0.2, -0.15) is 0 Å². The quantitative estimate of drug-likeness (QED) is 0.371. The molecule has 21 heavy (non-hydrogen) atoms. The Morgan fingerprint density at radius 3 is 2.57 bits per heavy atom. The highest BCUT2D eigenvalue weighted by molar-refractivity contribution is 5.64. The zero-order valence-electron chi connectivity index (χ0n) is 11.1. The molecule has 108 valence electrons. The van der Waals surface area contributed by atoms with Gasteiger partial charge in [-0.3, -0.25) is 15.1 Å². The van der Waals surface area contributed by atoms with Gasteiger partial charge >= 0.3 is 6.16 Å². The number of carbonyl (C=O) groups is 1. The second kappa shape index (κ2) is 6.47. The Morgan fingerprint density at radius 1 is 1.29 bits per heavy atom. The van der Waals surface area contributed by atoms with E-state index in [0.717, 1.165) is 5.56 Å². The first-order chi connectivity index (χ1) is 10.1. The van der Waals surface area contributed by atoms with Crippen LogP contribution in [-0.2, 0) is 4.74 Å². The Bertz CT molecular complexity index is 628. The Hall–Kier alpha value is -2.96. The molecule has 0 aliphatic heterocycles. The third-order valence-electron chi connectivity index (χ3n) is 2.68. The molecule has 0 amide bonds. The summed E-state index contributed by atoms with van der Waals surface area (Å²) in [5.41, 5.74) is 0.651. The van der Waals surface area contributed by atoms with Gasteiger partial charge in [-0.25, -0.2) is 4.79 Å². The number of nitro groups is 1. The number of hydrogen-bond acceptors (Lipinski definition) is 6. The lowest BCUT2D eigenvalue weighted by molar-refractivity contribution is -0.384. The molecule has 0 aliphatic rings. The highest BCUT2D eigenvalue weighted by Gasteiger charge is 2.14. The van der Waals surface area contributed by atoms with Crippen LogP contribution in [0.25, 0.3) is 0 Å². The number of nitrogens with zero attached hydrogens (tertiary/aromatic N) is 2. The van der Waals surface area contributed by atoms with Gasteiger partial charge in [0.2, 0.25) is 0 Å². The van der Waals surface area contributed by atoms with Crippen molar-refractivity contribution in [3.8, 4) is 5.75 Å². The minimum Gasteiger partial charge on any atom is -0.426 e. The van der Waals surface area contributed by atoms with E-state index in [9.17, 15) is 14.9 Å². The van der Waals surface area contributed by atoms with Crippen molar-refractivity contribution in [2.45, 2.75) is 13.0 Å². The van der Waals surface area contributed by atoms with Crippen molar-refractivity contribution in [2.24, 2.45) is 0 Å². The molecule has 1 aromatic heterocycles. The number of benzene rings is 1. The smallest absolute Gasteiger partial charge is 0.426 e. The predicted molar refractivity (Wildman–Crippen MR) is 72.9 cm³/mol. The topological polar surface area (TPSA) is 91.6 Å². The highest BCUT2D eigenvalue weighted by Crippen LogP contribution is 2.20. The molecular formula is C14H12N2O5. The summed E-state index contributed by atoms with van der Waals surface area (Å²) in [5, 5.41) is 10.5. The van der Waals surface area contributed by atoms with Crippen LogP contribution in [0.3, 0.4) is 0 Å². The van der Waals surface area contributed by atoms with Crippen LogP contribution >= 0.6 is 0 Å². The average molecular weight is 288 g/mol. The van der Waals surface area contributed by atoms with E-state index < -0.39 is 17.2 Å². The number of rotatable bonds is 4. The molecule has 2 rings (SSSR count). The molecule has 0 radical (unpaired) electrons. The van der Waals surface area contributed by atoms with Gasteiger partial charge in [-0.1, -0.05) is 6.07 Å². The molecule has 0 unspecified atom stereocenters. The molecule has 2 aromatic rings. The summed E-state index contributed by atoms with van der Waals surface area (Å²) in [7, 11) is 0. The van der Waals surface area contributed by atoms with Crippen LogP contribution in [0.4, 0.5) is 10.5 Å². The first-order valence-corrected chi connectivity index (χ1v) is 6.09. The first kappa shape index (κ1) is 14.4. The molecule has 0 spiro atoms. The molecular weight excluding hydrogens is 276 g/mol. The van der Waals surface area contributed by atoms with E-state index in [1.54, 1.807) is 31.5 Å². The summed E-state index contributed by atoms with van der Waals surface area (Å²) in [6.45, 7) is 1.69. The van der Waals surface area contributed by atoms with Crippen LogP contribution in [0.5, 0.6) is 5.75 Å². The van der Waals surface area contributed by atoms with E-state index in [1.165, 1.54) is 24.3 Å². The van der Waals surface area contributed by atoms with E-state index >= 15 is 0 Å². The SMILES string of the molecule is C[C@H](OC(=O)Oc1ccc([N+](=O)[O-])cc1)c1cccnc1. The van der Waals surface area contributed by atoms with Gasteiger partial charge in [0, 0.05) is 30.1 Å². The van der Waals surface area contributed by atoms with Crippen molar-refractivity contribution in [1.82, 2.24) is 4.98 Å². The van der Waals surface area contributed by atoms with Gasteiger partial charge in [-0.05, 0) is 25.1 Å². The molecule has 0 aliphatic carbocycles. The largest absolute Gasteiger partial charge is 0.514 e. The summed E-state index contributed by atoms with van der Waals surface area (Å²) in [6, 6.07) is 8.65. The lowest BCUT2D eigenvalue weighted by Gasteiger charge is -2.12. The fourth-order valence-corrected chi connectivity index (χ4v) is 1.58. The van der Waals surface area contributed by atoms with Gasteiger partial charge in [0.1, 0.15) is 11.9 Å². The summed E-state index contributed by atoms with van der Waals surface area (Å²) >= 11 is 0. The molecule has 0 fully saturated rings. The number of non-ortho nitro benzene ring substituents is 1. The normalized spacial score (nSPS) is 11.5. The van der Waals surface area contributed by atoms with Crippen LogP contribution in [0.2, 0.25) is 0 Å². The maximum Gasteiger partial charge on any atom is 0.514 e. The Labute approximate surface area is 120 Å². The maximum atomic E-state index is 11.6. The molecule has 0 saturated carbocycles. The molecule has 0 bridgehead atoms. The second-order valence-corrected chi connectivity index (χ2v) is 4.15. The van der Waals surface area contributed by atoms with E-state index in [4.69, 9.17) is 9.47 Å². The van der Waals surface area contributed by atoms with Crippen LogP contribution in [0.15, 0.2) is 48.8 Å². The third kappa shape index (κ3) is 4.00. The molecule has 7 heteroatoms. The molecule has 7 nitrogen and oxygen atoms in total. The van der Waals surface area contributed by atoms with Crippen molar-refractivity contribution in [1.29, 1.82) is 0 Å². The fraction of sp³-hybridized carbons (Fsp3) is 0.143. The van der Waals surface area contributed by atoms with E-state index in [2.05, 4.69) is 4.98 Å². The number of hydrogen-bond donors (Lipinski definition) is 0. The Morgan fingerprint density at radius 2 is 2.00 bits per heavy atom. The molecule has 1 atom stereocenters. The van der Waals surface area contributed by atoms with Gasteiger partial charge < -0.3 is 9.47 Å². The van der Waals surface area contributed by atoms with E-state index in [1.807, 2.05) is 0 Å². The number of carbonyl (C=O) groups excluding carboxylic acids is 1. The van der Waals surface area contributed by atoms with Gasteiger partial charge in [0.15, 0.2) is 0 Å². The van der Waals surface area contributed by atoms with E-state index in [-0.39, 0.29) is 11.4 Å². The van der Waals surface area contributed by atoms with Crippen LogP contribution in [0.1, 0.15) is 18.6 Å². The van der Waals surface area contributed by atoms with Crippen LogP contribution in [-0.4, -0.2) is 16.1 Å². The minimum atomic E-state index is -0.889. The van der Waals surface area contributed by atoms with Gasteiger partial charge in [0.25, 0.3) is 5.69 Å². The number of pyridine rings is 1. The standard InChI is InChI=1S/C14H12N2O5/c1-10(11-3-2-8-15-9-11)20-14(17)21-13-6-4-12(5-7-13)16(18)19/h2-10H,1H3/t10-/m0/s1. The van der Waals surface area contributed by atoms with Crippen molar-refractivity contribution >= 4 is 11.8 Å². The fourth-order valence-electron chi connectivity index (χ4n) is 1.58. The summed E-state index contributed by atoms with van der Waals surface area (Å²) in [6.07, 6.45) is 1.80. The van der Waals surface area contributed by atoms with Gasteiger partial charge in [0.05, 0.1) is 4.92 Å². The molecule has 1 aromatic carbocycles. The Balaban J connectivity index is 1.94. The van der Waals surface area contributed by atoms with Crippen LogP contribution in [0, 0.1) is 10.1 Å². The molecule has 0 N–H and O–H groups in total. The third-order valence-corrected chi connectivity index (χ3v) is 2.68. The molecule has 0 saturated heterocycles. The lowest BCUT2D eigenvalue weighted by atomic mass is 10.2. The lowest BCUT2D eigenvalue weighted by Crippen LogP contribution is -2.13. The zero-order valence-corrected chi connectivity index (χ0v) is 11.1. The number of nitro benzene ring substituents is 1. The van der Waals surface area contributed by atoms with E-state index in [0.29, 0.717) is 0 Å². The summed E-state index contributed by atoms with van der Waals surface area (Å²) < 4.78 is 10.0. The zero-order chi connectivity index (χ0) is 15.2. The van der Waals surface area contributed by atoms with Crippen molar-refractivity contribution < 1.29 is 19.2 Å². The first-order valence-electron chi connectivity index (χ1n) is 6.09. The molecule has 1 heterocycles.